The number of hydrogen-bond donors (Lipinski definition) is 1. The Morgan fingerprint density at radius 2 is 1.65 bits per heavy atom. The minimum absolute atomic E-state index is 0.0584. The number of hydrogen-bond acceptors (Lipinski definition) is 1. The van der Waals surface area contributed by atoms with Crippen LogP contribution in [0.4, 0.5) is 0 Å². The van der Waals surface area contributed by atoms with E-state index in [1.807, 2.05) is 12.1 Å². The monoisotopic (exact) mass is 412 g/mol. The lowest BCUT2D eigenvalue weighted by atomic mass is 9.86. The summed E-state index contributed by atoms with van der Waals surface area (Å²) in [4.78, 5) is 12.9. The average molecular weight is 413 g/mol. The van der Waals surface area contributed by atoms with Crippen molar-refractivity contribution in [3.05, 3.63) is 77.5 Å². The van der Waals surface area contributed by atoms with Gasteiger partial charge in [0.15, 0.2) is 0 Å². The summed E-state index contributed by atoms with van der Waals surface area (Å²) in [5, 5.41) is 3.28. The summed E-state index contributed by atoms with van der Waals surface area (Å²) in [6, 6.07) is 21.5. The number of aryl methyl sites for hydroxylation is 1. The lowest BCUT2D eigenvalue weighted by Crippen LogP contribution is -2.41. The minimum Gasteiger partial charge on any atom is -0.349 e. The maximum absolute atomic E-state index is 12.9. The molecule has 2 aliphatic rings. The van der Waals surface area contributed by atoms with Crippen LogP contribution in [0.1, 0.15) is 67.1 Å². The fraction of sp³-hybridized carbons (Fsp3) is 0.393. The van der Waals surface area contributed by atoms with Crippen LogP contribution in [0, 0.1) is 5.92 Å². The molecule has 1 fully saturated rings. The lowest BCUT2D eigenvalue weighted by Gasteiger charge is -2.29. The van der Waals surface area contributed by atoms with Crippen LogP contribution in [0.15, 0.2) is 60.7 Å². The van der Waals surface area contributed by atoms with Crippen molar-refractivity contribution in [1.29, 1.82) is 0 Å². The van der Waals surface area contributed by atoms with Crippen molar-refractivity contribution in [2.75, 3.05) is 0 Å². The Morgan fingerprint density at radius 3 is 2.42 bits per heavy atom. The van der Waals surface area contributed by atoms with Crippen LogP contribution in [0.5, 0.6) is 0 Å². The summed E-state index contributed by atoms with van der Waals surface area (Å²) in [7, 11) is 0. The Balaban J connectivity index is 1.44. The SMILES string of the molecule is C[C@H]1CCCC[C@@H]1NC(=O)c1ccc(-n2c(-c3ccccc3)cc3c2CCCC3)cc1. The number of aromatic nitrogens is 1. The number of nitrogens with zero attached hydrogens (tertiary/aromatic N) is 1. The molecule has 0 aliphatic heterocycles. The van der Waals surface area contributed by atoms with Crippen LogP contribution in [0.3, 0.4) is 0 Å². The minimum atomic E-state index is 0.0584. The molecular formula is C28H32N2O. The molecule has 0 spiro atoms. The van der Waals surface area contributed by atoms with Crippen molar-refractivity contribution >= 4 is 5.91 Å². The lowest BCUT2D eigenvalue weighted by molar-refractivity contribution is 0.0910. The summed E-state index contributed by atoms with van der Waals surface area (Å²) >= 11 is 0. The molecule has 3 nitrogen and oxygen atoms in total. The van der Waals surface area contributed by atoms with Crippen LogP contribution in [-0.2, 0) is 12.8 Å². The van der Waals surface area contributed by atoms with Crippen molar-refractivity contribution in [3.63, 3.8) is 0 Å². The number of fused-ring (bicyclic) bond motifs is 1. The predicted octanol–water partition coefficient (Wildman–Crippen LogP) is 6.33. The molecule has 2 aromatic carbocycles. The molecule has 2 aliphatic carbocycles. The van der Waals surface area contributed by atoms with E-state index in [4.69, 9.17) is 0 Å². The van der Waals surface area contributed by atoms with E-state index < -0.39 is 0 Å². The molecule has 0 radical (unpaired) electrons. The molecule has 160 valence electrons. The van der Waals surface area contributed by atoms with Gasteiger partial charge >= 0.3 is 0 Å². The molecule has 2 atom stereocenters. The standard InChI is InChI=1S/C28H32N2O/c1-20-9-5-7-13-25(20)29-28(31)22-15-17-24(18-16-22)30-26-14-8-6-12-23(26)19-27(30)21-10-3-2-4-11-21/h2-4,10-11,15-20,25H,5-9,12-14H2,1H3,(H,29,31)/t20-,25-/m0/s1. The van der Waals surface area contributed by atoms with Crippen molar-refractivity contribution in [3.8, 4) is 16.9 Å². The summed E-state index contributed by atoms with van der Waals surface area (Å²) in [6.45, 7) is 2.26. The molecule has 0 bridgehead atoms. The van der Waals surface area contributed by atoms with Gasteiger partial charge in [-0.2, -0.15) is 0 Å². The van der Waals surface area contributed by atoms with E-state index in [0.717, 1.165) is 30.5 Å². The van der Waals surface area contributed by atoms with E-state index in [0.29, 0.717) is 12.0 Å². The third-order valence-electron chi connectivity index (χ3n) is 7.19. The Bertz CT molecular complexity index is 1050. The number of carbonyl (C=O) groups excluding carboxylic acids is 1. The molecule has 3 aromatic rings. The Kier molecular flexibility index (Phi) is 5.67. The van der Waals surface area contributed by atoms with Crippen molar-refractivity contribution in [2.45, 2.75) is 64.3 Å². The van der Waals surface area contributed by atoms with Gasteiger partial charge in [0, 0.05) is 23.0 Å². The average Bonchev–Trinajstić information content (AvgIpc) is 3.21. The number of carbonyl (C=O) groups is 1. The van der Waals surface area contributed by atoms with E-state index in [-0.39, 0.29) is 5.91 Å². The van der Waals surface area contributed by atoms with Crippen molar-refractivity contribution in [2.24, 2.45) is 5.92 Å². The summed E-state index contributed by atoms with van der Waals surface area (Å²) in [5.41, 5.74) is 7.29. The van der Waals surface area contributed by atoms with Gasteiger partial charge in [-0.15, -0.1) is 0 Å². The molecule has 1 heterocycles. The normalized spacial score (nSPS) is 20.8. The molecular weight excluding hydrogens is 380 g/mol. The zero-order chi connectivity index (χ0) is 21.2. The molecule has 0 unspecified atom stereocenters. The number of rotatable bonds is 4. The topological polar surface area (TPSA) is 34.0 Å². The summed E-state index contributed by atoms with van der Waals surface area (Å²) in [6.07, 6.45) is 9.59. The summed E-state index contributed by atoms with van der Waals surface area (Å²) < 4.78 is 2.41. The maximum Gasteiger partial charge on any atom is 0.251 e. The molecule has 3 heteroatoms. The molecule has 5 rings (SSSR count). The first-order valence-electron chi connectivity index (χ1n) is 11.9. The third kappa shape index (κ3) is 4.06. The molecule has 1 aromatic heterocycles. The summed E-state index contributed by atoms with van der Waals surface area (Å²) in [5.74, 6) is 0.625. The molecule has 1 saturated carbocycles. The second kappa shape index (κ2) is 8.74. The Morgan fingerprint density at radius 1 is 0.903 bits per heavy atom. The predicted molar refractivity (Wildman–Crippen MR) is 127 cm³/mol. The van der Waals surface area contributed by atoms with Crippen LogP contribution in [0.2, 0.25) is 0 Å². The highest BCUT2D eigenvalue weighted by atomic mass is 16.1. The third-order valence-corrected chi connectivity index (χ3v) is 7.19. The fourth-order valence-electron chi connectivity index (χ4n) is 5.36. The molecule has 1 amide bonds. The van der Waals surface area contributed by atoms with Gasteiger partial charge < -0.3 is 9.88 Å². The van der Waals surface area contributed by atoms with Gasteiger partial charge in [0.2, 0.25) is 0 Å². The second-order valence-electron chi connectivity index (χ2n) is 9.30. The first-order valence-corrected chi connectivity index (χ1v) is 11.9. The molecule has 31 heavy (non-hydrogen) atoms. The van der Waals surface area contributed by atoms with Gasteiger partial charge in [-0.25, -0.2) is 0 Å². The highest BCUT2D eigenvalue weighted by Gasteiger charge is 2.24. The Hall–Kier alpha value is -2.81. The van der Waals surface area contributed by atoms with Gasteiger partial charge in [-0.1, -0.05) is 50.1 Å². The molecule has 0 saturated heterocycles. The smallest absolute Gasteiger partial charge is 0.251 e. The second-order valence-corrected chi connectivity index (χ2v) is 9.30. The number of benzene rings is 2. The van der Waals surface area contributed by atoms with Crippen molar-refractivity contribution in [1.82, 2.24) is 9.88 Å². The van der Waals surface area contributed by atoms with Gasteiger partial charge in [0.05, 0.1) is 5.69 Å². The van der Waals surface area contributed by atoms with Gasteiger partial charge in [-0.05, 0) is 85.9 Å². The maximum atomic E-state index is 12.9. The zero-order valence-corrected chi connectivity index (χ0v) is 18.4. The molecule has 1 N–H and O–H groups in total. The van der Waals surface area contributed by atoms with Crippen LogP contribution in [-0.4, -0.2) is 16.5 Å². The Labute approximate surface area is 185 Å². The highest BCUT2D eigenvalue weighted by Crippen LogP contribution is 2.34. The zero-order valence-electron chi connectivity index (χ0n) is 18.4. The van der Waals surface area contributed by atoms with E-state index in [2.05, 4.69) is 65.3 Å². The van der Waals surface area contributed by atoms with E-state index >= 15 is 0 Å². The first kappa shape index (κ1) is 20.1. The van der Waals surface area contributed by atoms with Gasteiger partial charge in [-0.3, -0.25) is 4.79 Å². The quantitative estimate of drug-likeness (QED) is 0.534. The number of nitrogens with one attached hydrogen (secondary N) is 1. The largest absolute Gasteiger partial charge is 0.349 e. The van der Waals surface area contributed by atoms with E-state index in [1.54, 1.807) is 0 Å². The van der Waals surface area contributed by atoms with Crippen LogP contribution >= 0.6 is 0 Å². The number of amides is 1. The first-order chi connectivity index (χ1) is 15.2. The van der Waals surface area contributed by atoms with E-state index in [9.17, 15) is 4.79 Å². The fourth-order valence-corrected chi connectivity index (χ4v) is 5.36. The van der Waals surface area contributed by atoms with Gasteiger partial charge in [0.25, 0.3) is 5.91 Å². The van der Waals surface area contributed by atoms with Crippen LogP contribution in [0.25, 0.3) is 16.9 Å². The van der Waals surface area contributed by atoms with Gasteiger partial charge in [0.1, 0.15) is 0 Å². The van der Waals surface area contributed by atoms with E-state index in [1.165, 1.54) is 54.6 Å². The van der Waals surface area contributed by atoms with Crippen molar-refractivity contribution < 1.29 is 4.79 Å². The highest BCUT2D eigenvalue weighted by molar-refractivity contribution is 5.94. The van der Waals surface area contributed by atoms with Crippen LogP contribution < -0.4 is 5.32 Å².